The molecular formula is C28H31ClFN3O5S. The lowest BCUT2D eigenvalue weighted by Crippen LogP contribution is -2.52. The van der Waals surface area contributed by atoms with Crippen molar-refractivity contribution < 1.29 is 27.1 Å². The van der Waals surface area contributed by atoms with Gasteiger partial charge in [-0.3, -0.25) is 13.9 Å². The molecule has 1 N–H and O–H groups in total. The molecule has 3 aromatic carbocycles. The van der Waals surface area contributed by atoms with E-state index in [1.54, 1.807) is 39.0 Å². The Bertz CT molecular complexity index is 1400. The van der Waals surface area contributed by atoms with Gasteiger partial charge in [-0.1, -0.05) is 41.9 Å². The van der Waals surface area contributed by atoms with Crippen LogP contribution in [0, 0.1) is 5.82 Å². The molecular weight excluding hydrogens is 545 g/mol. The Morgan fingerprint density at radius 1 is 1.00 bits per heavy atom. The van der Waals surface area contributed by atoms with Crippen LogP contribution < -0.4 is 14.4 Å². The molecule has 208 valence electrons. The number of hydrogen-bond donors (Lipinski definition) is 1. The van der Waals surface area contributed by atoms with Crippen LogP contribution in [0.4, 0.5) is 10.1 Å². The van der Waals surface area contributed by atoms with Crippen LogP contribution >= 0.6 is 11.6 Å². The van der Waals surface area contributed by atoms with Crippen molar-refractivity contribution in [2.45, 2.75) is 44.3 Å². The summed E-state index contributed by atoms with van der Waals surface area (Å²) in [6.45, 7) is 4.46. The molecule has 0 bridgehead atoms. The van der Waals surface area contributed by atoms with Gasteiger partial charge in [-0.2, -0.15) is 0 Å². The van der Waals surface area contributed by atoms with Crippen molar-refractivity contribution in [2.75, 3.05) is 18.0 Å². The predicted octanol–water partition coefficient (Wildman–Crippen LogP) is 4.62. The summed E-state index contributed by atoms with van der Waals surface area (Å²) in [5.41, 5.74) is 0.706. The van der Waals surface area contributed by atoms with Crippen molar-refractivity contribution in [1.29, 1.82) is 0 Å². The Labute approximate surface area is 233 Å². The average Bonchev–Trinajstić information content (AvgIpc) is 2.90. The Balaban J connectivity index is 2.05. The highest BCUT2D eigenvalue weighted by Gasteiger charge is 2.33. The Hall–Kier alpha value is -3.63. The van der Waals surface area contributed by atoms with Crippen LogP contribution in [0.3, 0.4) is 0 Å². The van der Waals surface area contributed by atoms with Gasteiger partial charge in [0.05, 0.1) is 22.7 Å². The summed E-state index contributed by atoms with van der Waals surface area (Å²) in [4.78, 5) is 28.0. The number of anilines is 1. The summed E-state index contributed by atoms with van der Waals surface area (Å²) in [5.74, 6) is -1.16. The van der Waals surface area contributed by atoms with Crippen molar-refractivity contribution in [3.63, 3.8) is 0 Å². The molecule has 0 fully saturated rings. The fraction of sp³-hybridized carbons (Fsp3) is 0.286. The number of nitrogens with zero attached hydrogens (tertiary/aromatic N) is 2. The van der Waals surface area contributed by atoms with Crippen molar-refractivity contribution in [2.24, 2.45) is 0 Å². The van der Waals surface area contributed by atoms with E-state index in [4.69, 9.17) is 16.3 Å². The number of carbonyl (C=O) groups excluding carboxylic acids is 2. The molecule has 8 nitrogen and oxygen atoms in total. The molecule has 0 unspecified atom stereocenters. The first kappa shape index (κ1) is 29.9. The molecule has 3 aromatic rings. The highest BCUT2D eigenvalue weighted by Crippen LogP contribution is 2.32. The molecule has 0 heterocycles. The summed E-state index contributed by atoms with van der Waals surface area (Å²) in [6, 6.07) is 16.4. The van der Waals surface area contributed by atoms with Gasteiger partial charge in [0, 0.05) is 12.6 Å². The molecule has 0 saturated carbocycles. The number of carbonyl (C=O) groups is 2. The first-order valence-electron chi connectivity index (χ1n) is 12.2. The van der Waals surface area contributed by atoms with E-state index in [0.29, 0.717) is 11.3 Å². The second kappa shape index (κ2) is 12.9. The number of amides is 2. The van der Waals surface area contributed by atoms with E-state index in [9.17, 15) is 22.4 Å². The molecule has 0 aliphatic carbocycles. The highest BCUT2D eigenvalue weighted by molar-refractivity contribution is 7.92. The third-order valence-electron chi connectivity index (χ3n) is 5.90. The zero-order chi connectivity index (χ0) is 28.7. The average molecular weight is 576 g/mol. The Morgan fingerprint density at radius 3 is 2.21 bits per heavy atom. The van der Waals surface area contributed by atoms with Gasteiger partial charge in [0.1, 0.15) is 24.2 Å². The minimum atomic E-state index is -4.23. The topological polar surface area (TPSA) is 96.0 Å². The van der Waals surface area contributed by atoms with E-state index in [1.807, 2.05) is 0 Å². The van der Waals surface area contributed by atoms with Gasteiger partial charge in [-0.25, -0.2) is 12.8 Å². The van der Waals surface area contributed by atoms with Crippen LogP contribution in [0.25, 0.3) is 0 Å². The third kappa shape index (κ3) is 7.48. The lowest BCUT2D eigenvalue weighted by Gasteiger charge is -2.32. The fourth-order valence-corrected chi connectivity index (χ4v) is 5.51. The number of rotatable bonds is 11. The van der Waals surface area contributed by atoms with E-state index in [0.717, 1.165) is 4.31 Å². The van der Waals surface area contributed by atoms with Crippen LogP contribution in [0.15, 0.2) is 77.7 Å². The third-order valence-corrected chi connectivity index (χ3v) is 7.98. The van der Waals surface area contributed by atoms with Gasteiger partial charge in [-0.15, -0.1) is 0 Å². The van der Waals surface area contributed by atoms with E-state index >= 15 is 0 Å². The number of halogens is 2. The van der Waals surface area contributed by atoms with Gasteiger partial charge in [0.2, 0.25) is 11.8 Å². The normalized spacial score (nSPS) is 12.1. The summed E-state index contributed by atoms with van der Waals surface area (Å²) in [5, 5.41) is 2.93. The molecule has 3 rings (SSSR count). The second-order valence-corrected chi connectivity index (χ2v) is 11.4. The maximum atomic E-state index is 13.8. The first-order valence-corrected chi connectivity index (χ1v) is 14.0. The summed E-state index contributed by atoms with van der Waals surface area (Å²) in [7, 11) is -2.80. The quantitative estimate of drug-likeness (QED) is 0.360. The van der Waals surface area contributed by atoms with Crippen molar-refractivity contribution in [3.05, 3.63) is 89.2 Å². The number of benzene rings is 3. The van der Waals surface area contributed by atoms with Crippen LogP contribution in [-0.2, 0) is 26.2 Å². The van der Waals surface area contributed by atoms with E-state index < -0.39 is 40.2 Å². The Kier molecular flexibility index (Phi) is 9.93. The zero-order valence-electron chi connectivity index (χ0n) is 22.1. The molecule has 1 atom stereocenters. The monoisotopic (exact) mass is 575 g/mol. The number of methoxy groups -OCH3 is 1. The first-order chi connectivity index (χ1) is 18.4. The minimum Gasteiger partial charge on any atom is -0.495 e. The van der Waals surface area contributed by atoms with Gasteiger partial charge in [-0.05, 0) is 68.8 Å². The van der Waals surface area contributed by atoms with Gasteiger partial charge in [0.25, 0.3) is 10.0 Å². The molecule has 0 saturated heterocycles. The van der Waals surface area contributed by atoms with E-state index in [2.05, 4.69) is 5.32 Å². The molecule has 0 aromatic heterocycles. The summed E-state index contributed by atoms with van der Waals surface area (Å²) < 4.78 is 47.2. The molecule has 11 heteroatoms. The molecule has 2 amide bonds. The van der Waals surface area contributed by atoms with E-state index in [1.165, 1.54) is 66.6 Å². The maximum Gasteiger partial charge on any atom is 0.264 e. The number of ether oxygens (including phenoxy) is 1. The smallest absolute Gasteiger partial charge is 0.264 e. The van der Waals surface area contributed by atoms with Gasteiger partial charge >= 0.3 is 0 Å². The second-order valence-electron chi connectivity index (χ2n) is 9.13. The van der Waals surface area contributed by atoms with Crippen molar-refractivity contribution in [3.8, 4) is 5.75 Å². The van der Waals surface area contributed by atoms with Crippen molar-refractivity contribution >= 4 is 39.1 Å². The zero-order valence-corrected chi connectivity index (χ0v) is 23.7. The lowest BCUT2D eigenvalue weighted by atomic mass is 10.1. The standard InChI is InChI=1S/C28H31ClFN3O5S/c1-19(2)31-28(35)20(3)32(17-21-10-12-22(30)13-11-21)27(34)18-33(23-14-15-26(38-4)25(29)16-23)39(36,37)24-8-6-5-7-9-24/h5-16,19-20H,17-18H2,1-4H3,(H,31,35)/t20-/m1/s1. The summed E-state index contributed by atoms with van der Waals surface area (Å²) in [6.07, 6.45) is 0. The molecule has 0 radical (unpaired) electrons. The van der Waals surface area contributed by atoms with Crippen LogP contribution in [0.2, 0.25) is 5.02 Å². The maximum absolute atomic E-state index is 13.8. The molecule has 0 spiro atoms. The predicted molar refractivity (Wildman–Crippen MR) is 149 cm³/mol. The number of nitrogens with one attached hydrogen (secondary N) is 1. The number of hydrogen-bond acceptors (Lipinski definition) is 5. The van der Waals surface area contributed by atoms with E-state index in [-0.39, 0.29) is 28.2 Å². The summed E-state index contributed by atoms with van der Waals surface area (Å²) >= 11 is 6.30. The SMILES string of the molecule is COc1ccc(N(CC(=O)N(Cc2ccc(F)cc2)[C@H](C)C(=O)NC(C)C)S(=O)(=O)c2ccccc2)cc1Cl. The van der Waals surface area contributed by atoms with Crippen LogP contribution in [-0.4, -0.2) is 50.9 Å². The largest absolute Gasteiger partial charge is 0.495 e. The fourth-order valence-electron chi connectivity index (χ4n) is 3.83. The van der Waals surface area contributed by atoms with Crippen LogP contribution in [0.1, 0.15) is 26.3 Å². The highest BCUT2D eigenvalue weighted by atomic mass is 35.5. The molecule has 0 aliphatic heterocycles. The van der Waals surface area contributed by atoms with Crippen LogP contribution in [0.5, 0.6) is 5.75 Å². The molecule has 0 aliphatic rings. The van der Waals surface area contributed by atoms with Gasteiger partial charge < -0.3 is 15.0 Å². The van der Waals surface area contributed by atoms with Gasteiger partial charge in [0.15, 0.2) is 0 Å². The van der Waals surface area contributed by atoms with Crippen molar-refractivity contribution in [1.82, 2.24) is 10.2 Å². The lowest BCUT2D eigenvalue weighted by molar-refractivity contribution is -0.139. The Morgan fingerprint density at radius 2 is 1.64 bits per heavy atom. The minimum absolute atomic E-state index is 0.0274. The number of sulfonamides is 1. The molecule has 39 heavy (non-hydrogen) atoms.